The zero-order chi connectivity index (χ0) is 12.0. The van der Waals surface area contributed by atoms with E-state index < -0.39 is 0 Å². The second-order valence-corrected chi connectivity index (χ2v) is 3.77. The zero-order valence-electron chi connectivity index (χ0n) is 9.95. The molecule has 88 valence electrons. The van der Waals surface area contributed by atoms with E-state index in [1.807, 2.05) is 13.8 Å². The minimum atomic E-state index is 0.135. The minimum Gasteiger partial charge on any atom is -0.491 e. The SMILES string of the molecule is CCCOc1ccc(C(=O)CCC)cc1N. The molecule has 0 saturated heterocycles. The predicted octanol–water partition coefficient (Wildman–Crippen LogP) is 3.04. The fourth-order valence-corrected chi connectivity index (χ4v) is 1.44. The van der Waals surface area contributed by atoms with E-state index in [1.54, 1.807) is 18.2 Å². The van der Waals surface area contributed by atoms with Gasteiger partial charge in [0.25, 0.3) is 0 Å². The summed E-state index contributed by atoms with van der Waals surface area (Å²) in [4.78, 5) is 11.6. The molecule has 0 bridgehead atoms. The lowest BCUT2D eigenvalue weighted by atomic mass is 10.1. The highest BCUT2D eigenvalue weighted by Crippen LogP contribution is 2.23. The fourth-order valence-electron chi connectivity index (χ4n) is 1.44. The van der Waals surface area contributed by atoms with Crippen LogP contribution in [0.3, 0.4) is 0 Å². The van der Waals surface area contributed by atoms with Gasteiger partial charge in [-0.3, -0.25) is 4.79 Å². The summed E-state index contributed by atoms with van der Waals surface area (Å²) >= 11 is 0. The Hall–Kier alpha value is -1.51. The van der Waals surface area contributed by atoms with Crippen LogP contribution in [-0.4, -0.2) is 12.4 Å². The summed E-state index contributed by atoms with van der Waals surface area (Å²) < 4.78 is 5.44. The van der Waals surface area contributed by atoms with Crippen molar-refractivity contribution in [1.82, 2.24) is 0 Å². The van der Waals surface area contributed by atoms with Crippen LogP contribution >= 0.6 is 0 Å². The van der Waals surface area contributed by atoms with Crippen LogP contribution in [0, 0.1) is 0 Å². The second-order valence-electron chi connectivity index (χ2n) is 3.77. The van der Waals surface area contributed by atoms with Gasteiger partial charge in [0.2, 0.25) is 0 Å². The molecule has 0 atom stereocenters. The largest absolute Gasteiger partial charge is 0.491 e. The summed E-state index contributed by atoms with van der Waals surface area (Å²) in [6.45, 7) is 4.67. The van der Waals surface area contributed by atoms with E-state index >= 15 is 0 Å². The topological polar surface area (TPSA) is 52.3 Å². The van der Waals surface area contributed by atoms with Gasteiger partial charge in [-0.1, -0.05) is 13.8 Å². The Kier molecular flexibility index (Phi) is 4.83. The summed E-state index contributed by atoms with van der Waals surface area (Å²) in [7, 11) is 0. The number of carbonyl (C=O) groups excluding carboxylic acids is 1. The Morgan fingerprint density at radius 3 is 2.62 bits per heavy atom. The van der Waals surface area contributed by atoms with Crippen LogP contribution in [0.4, 0.5) is 5.69 Å². The number of hydrogen-bond acceptors (Lipinski definition) is 3. The van der Waals surface area contributed by atoms with Crippen LogP contribution < -0.4 is 10.5 Å². The highest BCUT2D eigenvalue weighted by Gasteiger charge is 2.07. The number of carbonyl (C=O) groups is 1. The molecule has 0 spiro atoms. The molecule has 0 heterocycles. The Balaban J connectivity index is 2.78. The molecule has 1 rings (SSSR count). The van der Waals surface area contributed by atoms with E-state index in [9.17, 15) is 4.79 Å². The van der Waals surface area contributed by atoms with Crippen molar-refractivity contribution in [3.8, 4) is 5.75 Å². The smallest absolute Gasteiger partial charge is 0.162 e. The zero-order valence-corrected chi connectivity index (χ0v) is 9.95. The van der Waals surface area contributed by atoms with E-state index in [0.29, 0.717) is 30.0 Å². The number of ether oxygens (including phenoxy) is 1. The molecule has 0 saturated carbocycles. The van der Waals surface area contributed by atoms with Crippen LogP contribution in [0.2, 0.25) is 0 Å². The van der Waals surface area contributed by atoms with Crippen LogP contribution in [-0.2, 0) is 0 Å². The molecule has 2 N–H and O–H groups in total. The summed E-state index contributed by atoms with van der Waals surface area (Å²) in [5.41, 5.74) is 7.03. The van der Waals surface area contributed by atoms with Crippen LogP contribution in [0.25, 0.3) is 0 Å². The van der Waals surface area contributed by atoms with Crippen molar-refractivity contribution in [1.29, 1.82) is 0 Å². The number of Topliss-reactive ketones (excluding diaryl/α,β-unsaturated/α-hetero) is 1. The maximum absolute atomic E-state index is 11.6. The molecule has 1 aromatic carbocycles. The van der Waals surface area contributed by atoms with E-state index in [-0.39, 0.29) is 5.78 Å². The van der Waals surface area contributed by atoms with E-state index in [1.165, 1.54) is 0 Å². The van der Waals surface area contributed by atoms with Gasteiger partial charge in [0.05, 0.1) is 12.3 Å². The number of hydrogen-bond donors (Lipinski definition) is 1. The van der Waals surface area contributed by atoms with Crippen molar-refractivity contribution in [2.24, 2.45) is 0 Å². The normalized spacial score (nSPS) is 10.1. The molecule has 3 heteroatoms. The Morgan fingerprint density at radius 2 is 2.06 bits per heavy atom. The van der Waals surface area contributed by atoms with Gasteiger partial charge < -0.3 is 10.5 Å². The average molecular weight is 221 g/mol. The van der Waals surface area contributed by atoms with Gasteiger partial charge in [-0.2, -0.15) is 0 Å². The molecular weight excluding hydrogens is 202 g/mol. The number of anilines is 1. The van der Waals surface area contributed by atoms with Crippen molar-refractivity contribution in [3.05, 3.63) is 23.8 Å². The van der Waals surface area contributed by atoms with Crippen molar-refractivity contribution < 1.29 is 9.53 Å². The lowest BCUT2D eigenvalue weighted by Gasteiger charge is -2.09. The van der Waals surface area contributed by atoms with Gasteiger partial charge in [-0.15, -0.1) is 0 Å². The maximum Gasteiger partial charge on any atom is 0.162 e. The fraction of sp³-hybridized carbons (Fsp3) is 0.462. The highest BCUT2D eigenvalue weighted by molar-refractivity contribution is 5.97. The first-order chi connectivity index (χ1) is 7.69. The molecule has 3 nitrogen and oxygen atoms in total. The molecule has 0 amide bonds. The first-order valence-electron chi connectivity index (χ1n) is 5.74. The van der Waals surface area contributed by atoms with Gasteiger partial charge in [0.15, 0.2) is 5.78 Å². The van der Waals surface area contributed by atoms with Gasteiger partial charge in [0, 0.05) is 12.0 Å². The lowest BCUT2D eigenvalue weighted by Crippen LogP contribution is -2.03. The van der Waals surface area contributed by atoms with Crippen molar-refractivity contribution >= 4 is 11.5 Å². The van der Waals surface area contributed by atoms with E-state index in [2.05, 4.69) is 0 Å². The molecule has 0 fully saturated rings. The number of rotatable bonds is 6. The van der Waals surface area contributed by atoms with Crippen molar-refractivity contribution in [2.45, 2.75) is 33.1 Å². The second kappa shape index (κ2) is 6.16. The van der Waals surface area contributed by atoms with Crippen molar-refractivity contribution in [3.63, 3.8) is 0 Å². The molecule has 0 unspecified atom stereocenters. The number of benzene rings is 1. The summed E-state index contributed by atoms with van der Waals surface area (Å²) in [6.07, 6.45) is 2.36. The lowest BCUT2D eigenvalue weighted by molar-refractivity contribution is 0.0982. The summed E-state index contributed by atoms with van der Waals surface area (Å²) in [5, 5.41) is 0. The van der Waals surface area contributed by atoms with Gasteiger partial charge in [0.1, 0.15) is 5.75 Å². The third kappa shape index (κ3) is 3.26. The monoisotopic (exact) mass is 221 g/mol. The van der Waals surface area contributed by atoms with E-state index in [4.69, 9.17) is 10.5 Å². The molecular formula is C13H19NO2. The average Bonchev–Trinajstić information content (AvgIpc) is 2.27. The third-order valence-electron chi connectivity index (χ3n) is 2.27. The maximum atomic E-state index is 11.6. The van der Waals surface area contributed by atoms with Crippen LogP contribution in [0.15, 0.2) is 18.2 Å². The van der Waals surface area contributed by atoms with Gasteiger partial charge in [-0.05, 0) is 31.0 Å². The molecule has 16 heavy (non-hydrogen) atoms. The molecule has 0 radical (unpaired) electrons. The summed E-state index contributed by atoms with van der Waals surface area (Å²) in [5.74, 6) is 0.797. The minimum absolute atomic E-state index is 0.135. The summed E-state index contributed by atoms with van der Waals surface area (Å²) in [6, 6.07) is 5.25. The molecule has 0 aliphatic heterocycles. The predicted molar refractivity (Wildman–Crippen MR) is 65.9 cm³/mol. The van der Waals surface area contributed by atoms with E-state index in [0.717, 1.165) is 12.8 Å². The standard InChI is InChI=1S/C13H19NO2/c1-3-5-12(15)10-6-7-13(11(14)9-10)16-8-4-2/h6-7,9H,3-5,8,14H2,1-2H3. The van der Waals surface area contributed by atoms with Crippen LogP contribution in [0.1, 0.15) is 43.5 Å². The highest BCUT2D eigenvalue weighted by atomic mass is 16.5. The van der Waals surface area contributed by atoms with Crippen molar-refractivity contribution in [2.75, 3.05) is 12.3 Å². The Morgan fingerprint density at radius 1 is 1.31 bits per heavy atom. The van der Waals surface area contributed by atoms with Gasteiger partial charge >= 0.3 is 0 Å². The molecule has 0 aliphatic rings. The first-order valence-corrected chi connectivity index (χ1v) is 5.74. The molecule has 0 aromatic heterocycles. The van der Waals surface area contributed by atoms with Crippen LogP contribution in [0.5, 0.6) is 5.75 Å². The Labute approximate surface area is 96.6 Å². The first kappa shape index (κ1) is 12.6. The third-order valence-corrected chi connectivity index (χ3v) is 2.27. The number of ketones is 1. The number of nitrogen functional groups attached to an aromatic ring is 1. The molecule has 1 aromatic rings. The molecule has 0 aliphatic carbocycles. The Bertz CT molecular complexity index is 361. The van der Waals surface area contributed by atoms with Gasteiger partial charge in [-0.25, -0.2) is 0 Å². The number of nitrogens with two attached hydrogens (primary N) is 1. The quantitative estimate of drug-likeness (QED) is 0.593.